The van der Waals surface area contributed by atoms with Gasteiger partial charge in [-0.05, 0) is 30.7 Å². The van der Waals surface area contributed by atoms with Gasteiger partial charge in [-0.25, -0.2) is 4.79 Å². The van der Waals surface area contributed by atoms with Crippen LogP contribution in [0.25, 0.3) is 10.9 Å². The summed E-state index contributed by atoms with van der Waals surface area (Å²) in [6, 6.07) is 14.7. The number of ether oxygens (including phenoxy) is 1. The number of rotatable bonds is 6. The Hall–Kier alpha value is -3.28. The molecule has 1 saturated heterocycles. The van der Waals surface area contributed by atoms with Crippen LogP contribution >= 0.6 is 0 Å². The number of H-pyrrole nitrogens is 1. The van der Waals surface area contributed by atoms with Crippen LogP contribution in [-0.4, -0.2) is 41.0 Å². The van der Waals surface area contributed by atoms with E-state index in [1.807, 2.05) is 61.7 Å². The number of hydrogen-bond acceptors (Lipinski definition) is 3. The van der Waals surface area contributed by atoms with E-state index in [9.17, 15) is 9.59 Å². The number of para-hydroxylation sites is 1. The molecule has 3 amide bonds. The van der Waals surface area contributed by atoms with Gasteiger partial charge in [0.15, 0.2) is 0 Å². The molecule has 27 heavy (non-hydrogen) atoms. The van der Waals surface area contributed by atoms with Crippen molar-refractivity contribution in [2.45, 2.75) is 19.4 Å². The van der Waals surface area contributed by atoms with Crippen molar-refractivity contribution in [2.24, 2.45) is 0 Å². The molecule has 2 heterocycles. The number of amides is 3. The van der Waals surface area contributed by atoms with E-state index in [4.69, 9.17) is 4.74 Å². The predicted molar refractivity (Wildman–Crippen MR) is 103 cm³/mol. The van der Waals surface area contributed by atoms with Gasteiger partial charge < -0.3 is 15.0 Å². The number of nitrogens with one attached hydrogen (secondary N) is 2. The fourth-order valence-electron chi connectivity index (χ4n) is 3.34. The average Bonchev–Trinajstić information content (AvgIpc) is 3.19. The van der Waals surface area contributed by atoms with Crippen LogP contribution < -0.4 is 10.1 Å². The van der Waals surface area contributed by atoms with Gasteiger partial charge >= 0.3 is 6.03 Å². The van der Waals surface area contributed by atoms with E-state index in [0.717, 1.165) is 27.8 Å². The molecule has 1 aliphatic rings. The first-order chi connectivity index (χ1) is 13.1. The fourth-order valence-corrected chi connectivity index (χ4v) is 3.34. The summed E-state index contributed by atoms with van der Waals surface area (Å²) in [5.74, 6) is 0.515. The minimum Gasteiger partial charge on any atom is -0.492 e. The van der Waals surface area contributed by atoms with E-state index in [2.05, 4.69) is 10.3 Å². The molecular weight excluding hydrogens is 342 g/mol. The Morgan fingerprint density at radius 3 is 2.67 bits per heavy atom. The molecule has 1 atom stereocenters. The Labute approximate surface area is 157 Å². The number of hydrogen-bond donors (Lipinski definition) is 2. The fraction of sp³-hybridized carbons (Fsp3) is 0.238. The topological polar surface area (TPSA) is 74.4 Å². The van der Waals surface area contributed by atoms with Gasteiger partial charge in [0.05, 0.1) is 6.54 Å². The third-order valence-electron chi connectivity index (χ3n) is 4.81. The van der Waals surface area contributed by atoms with Gasteiger partial charge in [-0.3, -0.25) is 9.69 Å². The summed E-state index contributed by atoms with van der Waals surface area (Å²) in [7, 11) is 0. The minimum atomic E-state index is -0.545. The molecule has 0 saturated carbocycles. The summed E-state index contributed by atoms with van der Waals surface area (Å²) in [5, 5.41) is 3.85. The molecular formula is C21H21N3O3. The number of urea groups is 1. The molecule has 1 unspecified atom stereocenters. The van der Waals surface area contributed by atoms with Crippen molar-refractivity contribution < 1.29 is 14.3 Å². The van der Waals surface area contributed by atoms with Gasteiger partial charge in [0.25, 0.3) is 5.91 Å². The van der Waals surface area contributed by atoms with Gasteiger partial charge in [0.2, 0.25) is 0 Å². The van der Waals surface area contributed by atoms with Gasteiger partial charge in [-0.15, -0.1) is 0 Å². The third kappa shape index (κ3) is 3.51. The Bertz CT molecular complexity index is 978. The summed E-state index contributed by atoms with van der Waals surface area (Å²) in [5.41, 5.74) is 3.19. The highest BCUT2D eigenvalue weighted by molar-refractivity contribution is 6.04. The summed E-state index contributed by atoms with van der Waals surface area (Å²) < 4.78 is 5.64. The van der Waals surface area contributed by atoms with Crippen molar-refractivity contribution in [3.05, 3.63) is 65.9 Å². The highest BCUT2D eigenvalue weighted by atomic mass is 16.5. The zero-order valence-electron chi connectivity index (χ0n) is 15.1. The first-order valence-corrected chi connectivity index (χ1v) is 8.98. The summed E-state index contributed by atoms with van der Waals surface area (Å²) >= 11 is 0. The lowest BCUT2D eigenvalue weighted by molar-refractivity contribution is -0.127. The van der Waals surface area contributed by atoms with Crippen molar-refractivity contribution in [2.75, 3.05) is 13.2 Å². The Balaban J connectivity index is 1.37. The van der Waals surface area contributed by atoms with Crippen LogP contribution in [0.3, 0.4) is 0 Å². The van der Waals surface area contributed by atoms with Gasteiger partial charge in [-0.1, -0.05) is 35.9 Å². The molecule has 1 aromatic heterocycles. The number of carbonyl (C=O) groups excluding carboxylic acids is 2. The number of nitrogens with zero attached hydrogens (tertiary/aromatic N) is 1. The number of aromatic nitrogens is 1. The lowest BCUT2D eigenvalue weighted by Gasteiger charge is -2.14. The van der Waals surface area contributed by atoms with Crippen molar-refractivity contribution >= 4 is 22.8 Å². The average molecular weight is 363 g/mol. The van der Waals surface area contributed by atoms with Crippen molar-refractivity contribution in [1.29, 1.82) is 0 Å². The Morgan fingerprint density at radius 2 is 1.85 bits per heavy atom. The number of benzene rings is 2. The third-order valence-corrected chi connectivity index (χ3v) is 4.81. The molecule has 0 aliphatic carbocycles. The number of aromatic amines is 1. The van der Waals surface area contributed by atoms with Crippen LogP contribution in [0.15, 0.2) is 54.7 Å². The maximum Gasteiger partial charge on any atom is 0.324 e. The van der Waals surface area contributed by atoms with Crippen LogP contribution in [-0.2, 0) is 11.2 Å². The molecule has 6 nitrogen and oxygen atoms in total. The van der Waals surface area contributed by atoms with E-state index >= 15 is 0 Å². The van der Waals surface area contributed by atoms with Gasteiger partial charge in [-0.2, -0.15) is 0 Å². The van der Waals surface area contributed by atoms with Crippen molar-refractivity contribution in [3.63, 3.8) is 0 Å². The quantitative estimate of drug-likeness (QED) is 0.661. The SMILES string of the molecule is Cc1ccc(OCCN2C(=O)NC(Cc3c[nH]c4ccccc34)C2=O)cc1. The van der Waals surface area contributed by atoms with Crippen LogP contribution in [0.5, 0.6) is 5.75 Å². The summed E-state index contributed by atoms with van der Waals surface area (Å²) in [6.45, 7) is 2.50. The standard InChI is InChI=1S/C21H21N3O3/c1-14-6-8-16(9-7-14)27-11-10-24-20(25)19(23-21(24)26)12-15-13-22-18-5-3-2-4-17(15)18/h2-9,13,19,22H,10-12H2,1H3,(H,23,26). The van der Waals surface area contributed by atoms with E-state index in [1.54, 1.807) is 0 Å². The number of aryl methyl sites for hydroxylation is 1. The minimum absolute atomic E-state index is 0.210. The second-order valence-electron chi connectivity index (χ2n) is 6.72. The monoisotopic (exact) mass is 363 g/mol. The van der Waals surface area contributed by atoms with E-state index in [0.29, 0.717) is 6.42 Å². The van der Waals surface area contributed by atoms with Gasteiger partial charge in [0, 0.05) is 23.5 Å². The number of imide groups is 1. The van der Waals surface area contributed by atoms with E-state index in [1.165, 1.54) is 4.90 Å². The smallest absolute Gasteiger partial charge is 0.324 e. The zero-order valence-corrected chi connectivity index (χ0v) is 15.1. The molecule has 3 aromatic rings. The molecule has 0 bridgehead atoms. The highest BCUT2D eigenvalue weighted by Gasteiger charge is 2.37. The molecule has 4 rings (SSSR count). The summed E-state index contributed by atoms with van der Waals surface area (Å²) in [6.07, 6.45) is 2.36. The molecule has 0 spiro atoms. The maximum atomic E-state index is 12.6. The van der Waals surface area contributed by atoms with Crippen LogP contribution in [0.2, 0.25) is 0 Å². The molecule has 0 radical (unpaired) electrons. The molecule has 2 aromatic carbocycles. The second kappa shape index (κ2) is 7.15. The Morgan fingerprint density at radius 1 is 1.07 bits per heavy atom. The lowest BCUT2D eigenvalue weighted by atomic mass is 10.1. The van der Waals surface area contributed by atoms with E-state index in [-0.39, 0.29) is 25.1 Å². The lowest BCUT2D eigenvalue weighted by Crippen LogP contribution is -2.35. The van der Waals surface area contributed by atoms with Crippen molar-refractivity contribution in [3.8, 4) is 5.75 Å². The molecule has 138 valence electrons. The van der Waals surface area contributed by atoms with E-state index < -0.39 is 6.04 Å². The molecule has 1 aliphatic heterocycles. The van der Waals surface area contributed by atoms with Crippen LogP contribution in [0.1, 0.15) is 11.1 Å². The first-order valence-electron chi connectivity index (χ1n) is 8.98. The molecule has 2 N–H and O–H groups in total. The Kier molecular flexibility index (Phi) is 4.54. The van der Waals surface area contributed by atoms with Crippen molar-refractivity contribution in [1.82, 2.24) is 15.2 Å². The number of carbonyl (C=O) groups is 2. The molecule has 6 heteroatoms. The highest BCUT2D eigenvalue weighted by Crippen LogP contribution is 2.21. The second-order valence-corrected chi connectivity index (χ2v) is 6.72. The zero-order chi connectivity index (χ0) is 18.8. The summed E-state index contributed by atoms with van der Waals surface area (Å²) in [4.78, 5) is 29.3. The largest absolute Gasteiger partial charge is 0.492 e. The first kappa shape index (κ1) is 17.1. The normalized spacial score (nSPS) is 16.8. The number of fused-ring (bicyclic) bond motifs is 1. The van der Waals surface area contributed by atoms with Gasteiger partial charge in [0.1, 0.15) is 18.4 Å². The van der Waals surface area contributed by atoms with Crippen LogP contribution in [0.4, 0.5) is 4.79 Å². The molecule has 1 fully saturated rings. The van der Waals surface area contributed by atoms with Crippen LogP contribution in [0, 0.1) is 6.92 Å². The maximum absolute atomic E-state index is 12.6. The predicted octanol–water partition coefficient (Wildman–Crippen LogP) is 3.02.